The van der Waals surface area contributed by atoms with Crippen molar-refractivity contribution in [2.75, 3.05) is 12.0 Å². The van der Waals surface area contributed by atoms with Crippen molar-refractivity contribution in [3.8, 4) is 0 Å². The molecule has 1 aliphatic rings. The van der Waals surface area contributed by atoms with E-state index in [0.29, 0.717) is 18.7 Å². The first-order valence-electron chi connectivity index (χ1n) is 5.71. The second-order valence-electron chi connectivity index (χ2n) is 4.36. The largest absolute Gasteiger partial charge is 0.406 e. The van der Waals surface area contributed by atoms with Crippen LogP contribution in [-0.2, 0) is 0 Å². The number of nitrogens with zero attached hydrogens (tertiary/aromatic N) is 2. The summed E-state index contributed by atoms with van der Waals surface area (Å²) >= 11 is 0. The predicted octanol–water partition coefficient (Wildman–Crippen LogP) is 1.53. The van der Waals surface area contributed by atoms with Crippen molar-refractivity contribution in [3.05, 3.63) is 23.9 Å². The quantitative estimate of drug-likeness (QED) is 0.645. The van der Waals surface area contributed by atoms with Crippen LogP contribution in [0.4, 0.5) is 19.0 Å². The standard InChI is InChI=1S/C11H13F3N4O/c12-11(13,14)6-18(8-2-3-8)10(19)7-1-4-9(17-15)16-5-7/h1,4-5,8H,2-3,6,15H2,(H,16,17). The average molecular weight is 274 g/mol. The molecule has 0 aliphatic heterocycles. The van der Waals surface area contributed by atoms with Crippen molar-refractivity contribution in [3.63, 3.8) is 0 Å². The molecule has 5 nitrogen and oxygen atoms in total. The molecule has 0 spiro atoms. The number of nitrogen functional groups attached to an aromatic ring is 1. The topological polar surface area (TPSA) is 71.2 Å². The lowest BCUT2D eigenvalue weighted by molar-refractivity contribution is -0.141. The zero-order valence-electron chi connectivity index (χ0n) is 9.94. The summed E-state index contributed by atoms with van der Waals surface area (Å²) in [5.74, 6) is 4.80. The minimum Gasteiger partial charge on any atom is -0.327 e. The van der Waals surface area contributed by atoms with Crippen LogP contribution in [0.5, 0.6) is 0 Å². The Morgan fingerprint density at radius 1 is 1.47 bits per heavy atom. The van der Waals surface area contributed by atoms with Gasteiger partial charge in [0.2, 0.25) is 0 Å². The number of alkyl halides is 3. The summed E-state index contributed by atoms with van der Waals surface area (Å²) in [5.41, 5.74) is 2.40. The van der Waals surface area contributed by atoms with Gasteiger partial charge in [-0.3, -0.25) is 4.79 Å². The van der Waals surface area contributed by atoms with Crippen molar-refractivity contribution >= 4 is 11.7 Å². The van der Waals surface area contributed by atoms with E-state index in [1.54, 1.807) is 0 Å². The van der Waals surface area contributed by atoms with Gasteiger partial charge in [0.05, 0.1) is 5.56 Å². The zero-order chi connectivity index (χ0) is 14.0. The maximum atomic E-state index is 12.5. The molecular weight excluding hydrogens is 261 g/mol. The van der Waals surface area contributed by atoms with Crippen LogP contribution in [0.25, 0.3) is 0 Å². The van der Waals surface area contributed by atoms with Gasteiger partial charge in [0.25, 0.3) is 5.91 Å². The lowest BCUT2D eigenvalue weighted by atomic mass is 10.2. The third-order valence-corrected chi connectivity index (χ3v) is 2.76. The normalized spacial score (nSPS) is 15.2. The number of hydrogen-bond acceptors (Lipinski definition) is 4. The Morgan fingerprint density at radius 3 is 2.58 bits per heavy atom. The summed E-state index contributed by atoms with van der Waals surface area (Å²) in [5, 5.41) is 0. The summed E-state index contributed by atoms with van der Waals surface area (Å²) in [7, 11) is 0. The zero-order valence-corrected chi connectivity index (χ0v) is 9.94. The van der Waals surface area contributed by atoms with Crippen LogP contribution in [0, 0.1) is 0 Å². The second kappa shape index (κ2) is 5.04. The lowest BCUT2D eigenvalue weighted by Crippen LogP contribution is -2.40. The number of carbonyl (C=O) groups excluding carboxylic acids is 1. The number of anilines is 1. The summed E-state index contributed by atoms with van der Waals surface area (Å²) < 4.78 is 37.4. The van der Waals surface area contributed by atoms with Gasteiger partial charge >= 0.3 is 6.18 Å². The molecular formula is C11H13F3N4O. The molecule has 8 heteroatoms. The molecule has 1 aromatic rings. The Kier molecular flexibility index (Phi) is 3.61. The number of halogens is 3. The van der Waals surface area contributed by atoms with E-state index in [4.69, 9.17) is 5.84 Å². The van der Waals surface area contributed by atoms with E-state index in [1.165, 1.54) is 18.3 Å². The number of amides is 1. The highest BCUT2D eigenvalue weighted by Gasteiger charge is 2.40. The van der Waals surface area contributed by atoms with Gasteiger partial charge in [-0.15, -0.1) is 0 Å². The van der Waals surface area contributed by atoms with Gasteiger partial charge < -0.3 is 10.3 Å². The van der Waals surface area contributed by atoms with Gasteiger partial charge in [0.1, 0.15) is 12.4 Å². The molecule has 2 rings (SSSR count). The molecule has 3 N–H and O–H groups in total. The van der Waals surface area contributed by atoms with Gasteiger partial charge in [-0.2, -0.15) is 13.2 Å². The molecule has 1 saturated carbocycles. The van der Waals surface area contributed by atoms with Crippen LogP contribution in [-0.4, -0.2) is 34.6 Å². The first-order chi connectivity index (χ1) is 8.90. The van der Waals surface area contributed by atoms with Crippen LogP contribution in [0.3, 0.4) is 0 Å². The molecule has 1 fully saturated rings. The smallest absolute Gasteiger partial charge is 0.327 e. The second-order valence-corrected chi connectivity index (χ2v) is 4.36. The summed E-state index contributed by atoms with van der Waals surface area (Å²) in [4.78, 5) is 16.7. The van der Waals surface area contributed by atoms with E-state index in [-0.39, 0.29) is 11.6 Å². The fourth-order valence-electron chi connectivity index (χ4n) is 1.72. The first-order valence-corrected chi connectivity index (χ1v) is 5.71. The number of hydrazine groups is 1. The monoisotopic (exact) mass is 274 g/mol. The average Bonchev–Trinajstić information content (AvgIpc) is 3.18. The molecule has 0 atom stereocenters. The maximum Gasteiger partial charge on any atom is 0.406 e. The SMILES string of the molecule is NNc1ccc(C(=O)N(CC(F)(F)F)C2CC2)cn1. The number of nitrogens with one attached hydrogen (secondary N) is 1. The van der Waals surface area contributed by atoms with E-state index < -0.39 is 18.6 Å². The number of rotatable bonds is 4. The van der Waals surface area contributed by atoms with Crippen LogP contribution in [0.1, 0.15) is 23.2 Å². The lowest BCUT2D eigenvalue weighted by Gasteiger charge is -2.23. The Labute approximate surface area is 107 Å². The van der Waals surface area contributed by atoms with Crippen LogP contribution in [0.15, 0.2) is 18.3 Å². The van der Waals surface area contributed by atoms with Gasteiger partial charge in [-0.25, -0.2) is 10.8 Å². The number of carbonyl (C=O) groups is 1. The van der Waals surface area contributed by atoms with Gasteiger partial charge in [0.15, 0.2) is 0 Å². The molecule has 0 aromatic carbocycles. The van der Waals surface area contributed by atoms with Gasteiger partial charge in [-0.1, -0.05) is 0 Å². The Balaban J connectivity index is 2.14. The molecule has 0 radical (unpaired) electrons. The highest BCUT2D eigenvalue weighted by molar-refractivity contribution is 5.94. The van der Waals surface area contributed by atoms with Gasteiger partial charge in [0, 0.05) is 12.2 Å². The molecule has 0 saturated heterocycles. The van der Waals surface area contributed by atoms with E-state index in [2.05, 4.69) is 10.4 Å². The molecule has 1 aromatic heterocycles. The summed E-state index contributed by atoms with van der Waals surface area (Å²) in [6, 6.07) is 2.52. The van der Waals surface area contributed by atoms with Crippen molar-refractivity contribution in [2.24, 2.45) is 5.84 Å². The highest BCUT2D eigenvalue weighted by Crippen LogP contribution is 2.31. The van der Waals surface area contributed by atoms with Crippen LogP contribution >= 0.6 is 0 Å². The van der Waals surface area contributed by atoms with Crippen molar-refractivity contribution in [1.29, 1.82) is 0 Å². The predicted molar refractivity (Wildman–Crippen MR) is 62.2 cm³/mol. The van der Waals surface area contributed by atoms with Crippen LogP contribution < -0.4 is 11.3 Å². The van der Waals surface area contributed by atoms with E-state index in [1.807, 2.05) is 0 Å². The Bertz CT molecular complexity index is 456. The third kappa shape index (κ3) is 3.57. The molecule has 0 unspecified atom stereocenters. The number of pyridine rings is 1. The summed E-state index contributed by atoms with van der Waals surface area (Å²) in [6.07, 6.45) is -1.97. The number of nitrogens with two attached hydrogens (primary N) is 1. The molecule has 19 heavy (non-hydrogen) atoms. The van der Waals surface area contributed by atoms with E-state index >= 15 is 0 Å². The van der Waals surface area contributed by atoms with Crippen LogP contribution in [0.2, 0.25) is 0 Å². The highest BCUT2D eigenvalue weighted by atomic mass is 19.4. The van der Waals surface area contributed by atoms with E-state index in [0.717, 1.165) is 4.90 Å². The molecule has 104 valence electrons. The minimum absolute atomic E-state index is 0.121. The molecule has 1 amide bonds. The molecule has 1 heterocycles. The fourth-order valence-corrected chi connectivity index (χ4v) is 1.72. The van der Waals surface area contributed by atoms with Gasteiger partial charge in [-0.05, 0) is 25.0 Å². The number of hydrogen-bond donors (Lipinski definition) is 2. The number of aromatic nitrogens is 1. The Hall–Kier alpha value is -1.83. The van der Waals surface area contributed by atoms with Crippen molar-refractivity contribution in [2.45, 2.75) is 25.1 Å². The third-order valence-electron chi connectivity index (χ3n) is 2.76. The Morgan fingerprint density at radius 2 is 2.16 bits per heavy atom. The molecule has 1 aliphatic carbocycles. The summed E-state index contributed by atoms with van der Waals surface area (Å²) in [6.45, 7) is -1.23. The first kappa shape index (κ1) is 13.6. The van der Waals surface area contributed by atoms with Crippen molar-refractivity contribution in [1.82, 2.24) is 9.88 Å². The minimum atomic E-state index is -4.40. The van der Waals surface area contributed by atoms with E-state index in [9.17, 15) is 18.0 Å². The van der Waals surface area contributed by atoms with Crippen molar-refractivity contribution < 1.29 is 18.0 Å². The fraction of sp³-hybridized carbons (Fsp3) is 0.455. The maximum absolute atomic E-state index is 12.5. The molecule has 0 bridgehead atoms.